The van der Waals surface area contributed by atoms with Crippen molar-refractivity contribution in [2.75, 3.05) is 19.6 Å². The molecule has 2 N–H and O–H groups in total. The van der Waals surface area contributed by atoms with E-state index in [2.05, 4.69) is 38.3 Å². The molecule has 1 aliphatic rings. The van der Waals surface area contributed by atoms with Gasteiger partial charge in [-0.15, -0.1) is 0 Å². The van der Waals surface area contributed by atoms with Crippen LogP contribution in [0.1, 0.15) is 53.4 Å². The number of nitrogens with one attached hydrogen (secondary N) is 2. The first-order chi connectivity index (χ1) is 6.97. The van der Waals surface area contributed by atoms with Crippen LogP contribution in [-0.4, -0.2) is 25.2 Å². The van der Waals surface area contributed by atoms with Crippen LogP contribution in [0.2, 0.25) is 0 Å². The topological polar surface area (TPSA) is 24.1 Å². The molecule has 0 aromatic carbocycles. The summed E-state index contributed by atoms with van der Waals surface area (Å²) in [6.07, 6.45) is 5.27. The molecule has 1 atom stereocenters. The van der Waals surface area contributed by atoms with Gasteiger partial charge in [0.2, 0.25) is 0 Å². The van der Waals surface area contributed by atoms with Crippen LogP contribution in [0.5, 0.6) is 0 Å². The van der Waals surface area contributed by atoms with Gasteiger partial charge in [0.05, 0.1) is 0 Å². The van der Waals surface area contributed by atoms with Crippen molar-refractivity contribution in [3.63, 3.8) is 0 Å². The maximum absolute atomic E-state index is 3.64. The van der Waals surface area contributed by atoms with Crippen LogP contribution in [0.4, 0.5) is 0 Å². The van der Waals surface area contributed by atoms with Crippen LogP contribution in [0, 0.1) is 5.41 Å². The Balaban J connectivity index is 2.24. The molecule has 1 rings (SSSR count). The van der Waals surface area contributed by atoms with Gasteiger partial charge in [0, 0.05) is 18.6 Å². The van der Waals surface area contributed by atoms with E-state index in [4.69, 9.17) is 0 Å². The molecule has 2 nitrogen and oxygen atoms in total. The van der Waals surface area contributed by atoms with Crippen molar-refractivity contribution >= 4 is 0 Å². The summed E-state index contributed by atoms with van der Waals surface area (Å²) < 4.78 is 0. The van der Waals surface area contributed by atoms with E-state index in [9.17, 15) is 0 Å². The summed E-state index contributed by atoms with van der Waals surface area (Å²) in [7, 11) is 0. The summed E-state index contributed by atoms with van der Waals surface area (Å²) in [4.78, 5) is 0. The number of piperidine rings is 1. The van der Waals surface area contributed by atoms with E-state index < -0.39 is 0 Å². The van der Waals surface area contributed by atoms with E-state index in [-0.39, 0.29) is 0 Å². The first kappa shape index (κ1) is 13.0. The SMILES string of the molecule is CCC(C)(C)CNCC1(C)CCCCN1. The zero-order valence-electron chi connectivity index (χ0n) is 10.9. The summed E-state index contributed by atoms with van der Waals surface area (Å²) in [5, 5.41) is 7.26. The van der Waals surface area contributed by atoms with Crippen molar-refractivity contribution in [1.29, 1.82) is 0 Å². The van der Waals surface area contributed by atoms with Crippen molar-refractivity contribution in [3.05, 3.63) is 0 Å². The Morgan fingerprint density at radius 1 is 1.33 bits per heavy atom. The second-order valence-corrected chi connectivity index (χ2v) is 6.07. The van der Waals surface area contributed by atoms with Crippen LogP contribution in [-0.2, 0) is 0 Å². The van der Waals surface area contributed by atoms with Crippen molar-refractivity contribution in [1.82, 2.24) is 10.6 Å². The highest BCUT2D eigenvalue weighted by atomic mass is 15.0. The molecule has 1 saturated heterocycles. The Kier molecular flexibility index (Phi) is 4.60. The average Bonchev–Trinajstić information content (AvgIpc) is 2.18. The largest absolute Gasteiger partial charge is 0.314 e. The summed E-state index contributed by atoms with van der Waals surface area (Å²) in [6.45, 7) is 12.7. The lowest BCUT2D eigenvalue weighted by molar-refractivity contribution is 0.245. The molecule has 1 heterocycles. The summed E-state index contributed by atoms with van der Waals surface area (Å²) in [6, 6.07) is 0. The molecular weight excluding hydrogens is 184 g/mol. The van der Waals surface area contributed by atoms with Crippen LogP contribution < -0.4 is 10.6 Å². The third kappa shape index (κ3) is 4.52. The zero-order chi connectivity index (χ0) is 11.4. The zero-order valence-corrected chi connectivity index (χ0v) is 10.9. The van der Waals surface area contributed by atoms with E-state index in [1.165, 1.54) is 32.2 Å². The predicted molar refractivity (Wildman–Crippen MR) is 67.2 cm³/mol. The van der Waals surface area contributed by atoms with Gasteiger partial charge in [0.1, 0.15) is 0 Å². The second kappa shape index (κ2) is 5.31. The third-order valence-corrected chi connectivity index (χ3v) is 3.78. The van der Waals surface area contributed by atoms with E-state index >= 15 is 0 Å². The lowest BCUT2D eigenvalue weighted by atomic mass is 9.88. The molecule has 90 valence electrons. The Morgan fingerprint density at radius 2 is 2.07 bits per heavy atom. The van der Waals surface area contributed by atoms with Crippen LogP contribution in [0.15, 0.2) is 0 Å². The van der Waals surface area contributed by atoms with Gasteiger partial charge in [-0.25, -0.2) is 0 Å². The second-order valence-electron chi connectivity index (χ2n) is 6.07. The van der Waals surface area contributed by atoms with E-state index in [1.54, 1.807) is 0 Å². The maximum Gasteiger partial charge on any atom is 0.0277 e. The van der Waals surface area contributed by atoms with Gasteiger partial charge in [0.25, 0.3) is 0 Å². The number of hydrogen-bond donors (Lipinski definition) is 2. The summed E-state index contributed by atoms with van der Waals surface area (Å²) in [5.41, 5.74) is 0.771. The van der Waals surface area contributed by atoms with Crippen LogP contribution in [0.25, 0.3) is 0 Å². The van der Waals surface area contributed by atoms with Gasteiger partial charge in [-0.2, -0.15) is 0 Å². The van der Waals surface area contributed by atoms with Gasteiger partial charge in [-0.05, 0) is 38.1 Å². The maximum atomic E-state index is 3.64. The number of rotatable bonds is 5. The van der Waals surface area contributed by atoms with Gasteiger partial charge >= 0.3 is 0 Å². The fraction of sp³-hybridized carbons (Fsp3) is 1.00. The molecule has 0 aromatic rings. The van der Waals surface area contributed by atoms with E-state index in [1.807, 2.05) is 0 Å². The number of hydrogen-bond acceptors (Lipinski definition) is 2. The van der Waals surface area contributed by atoms with E-state index in [0.717, 1.165) is 13.1 Å². The highest BCUT2D eigenvalue weighted by Crippen LogP contribution is 2.20. The molecule has 1 unspecified atom stereocenters. The van der Waals surface area contributed by atoms with Crippen molar-refractivity contribution in [3.8, 4) is 0 Å². The van der Waals surface area contributed by atoms with Gasteiger partial charge in [-0.3, -0.25) is 0 Å². The van der Waals surface area contributed by atoms with Crippen molar-refractivity contribution < 1.29 is 0 Å². The standard InChI is InChI=1S/C13H28N2/c1-5-12(2,3)10-14-11-13(4)8-6-7-9-15-13/h14-15H,5-11H2,1-4H3. The predicted octanol–water partition coefficient (Wildman–Crippen LogP) is 2.54. The molecular formula is C13H28N2. The minimum Gasteiger partial charge on any atom is -0.314 e. The fourth-order valence-corrected chi connectivity index (χ4v) is 2.07. The minimum atomic E-state index is 0.335. The Hall–Kier alpha value is -0.0800. The third-order valence-electron chi connectivity index (χ3n) is 3.78. The molecule has 2 heteroatoms. The fourth-order valence-electron chi connectivity index (χ4n) is 2.07. The molecule has 0 aliphatic carbocycles. The highest BCUT2D eigenvalue weighted by Gasteiger charge is 2.26. The van der Waals surface area contributed by atoms with Gasteiger partial charge in [-0.1, -0.05) is 27.2 Å². The summed E-state index contributed by atoms with van der Waals surface area (Å²) in [5.74, 6) is 0. The lowest BCUT2D eigenvalue weighted by Gasteiger charge is -2.36. The van der Waals surface area contributed by atoms with Gasteiger partial charge < -0.3 is 10.6 Å². The van der Waals surface area contributed by atoms with E-state index in [0.29, 0.717) is 11.0 Å². The van der Waals surface area contributed by atoms with Crippen LogP contribution in [0.3, 0.4) is 0 Å². The highest BCUT2D eigenvalue weighted by molar-refractivity contribution is 4.89. The Labute approximate surface area is 95.2 Å². The Bertz CT molecular complexity index is 181. The first-order valence-electron chi connectivity index (χ1n) is 6.43. The molecule has 15 heavy (non-hydrogen) atoms. The molecule has 0 bridgehead atoms. The molecule has 1 fully saturated rings. The quantitative estimate of drug-likeness (QED) is 0.732. The molecule has 0 radical (unpaired) electrons. The van der Waals surface area contributed by atoms with Crippen molar-refractivity contribution in [2.45, 2.75) is 58.9 Å². The molecule has 0 aromatic heterocycles. The first-order valence-corrected chi connectivity index (χ1v) is 6.43. The monoisotopic (exact) mass is 212 g/mol. The van der Waals surface area contributed by atoms with Gasteiger partial charge in [0.15, 0.2) is 0 Å². The van der Waals surface area contributed by atoms with Crippen LogP contribution >= 0.6 is 0 Å². The van der Waals surface area contributed by atoms with Crippen molar-refractivity contribution in [2.24, 2.45) is 5.41 Å². The smallest absolute Gasteiger partial charge is 0.0277 e. The molecule has 1 aliphatic heterocycles. The average molecular weight is 212 g/mol. The molecule has 0 saturated carbocycles. The Morgan fingerprint density at radius 3 is 2.60 bits per heavy atom. The lowest BCUT2D eigenvalue weighted by Crippen LogP contribution is -2.53. The minimum absolute atomic E-state index is 0.335. The molecule has 0 amide bonds. The molecule has 0 spiro atoms. The normalized spacial score (nSPS) is 28.0. The summed E-state index contributed by atoms with van der Waals surface area (Å²) >= 11 is 0.